The standard InChI is InChI=1S/C24H32BrN3O4S/c1-6-22(24(30)26-17(2)3)27(15-19-9-7-18(4)8-10-19)23(29)16-28(33(5,31)32)21-13-11-20(25)12-14-21/h7-14,17,22H,6,15-16H2,1-5H3,(H,26,30)/t22-/m0/s1. The first-order valence-corrected chi connectivity index (χ1v) is 13.4. The molecular weight excluding hydrogens is 506 g/mol. The molecule has 2 aromatic carbocycles. The summed E-state index contributed by atoms with van der Waals surface area (Å²) in [4.78, 5) is 27.9. The largest absolute Gasteiger partial charge is 0.352 e. The number of anilines is 1. The van der Waals surface area contributed by atoms with Crippen molar-refractivity contribution >= 4 is 43.5 Å². The Morgan fingerprint density at radius 2 is 1.61 bits per heavy atom. The molecule has 0 radical (unpaired) electrons. The molecule has 0 aliphatic rings. The van der Waals surface area contributed by atoms with Crippen LogP contribution in [0.15, 0.2) is 53.0 Å². The van der Waals surface area contributed by atoms with Crippen LogP contribution in [0.5, 0.6) is 0 Å². The van der Waals surface area contributed by atoms with Gasteiger partial charge < -0.3 is 10.2 Å². The molecule has 7 nitrogen and oxygen atoms in total. The zero-order valence-electron chi connectivity index (χ0n) is 19.7. The molecule has 0 heterocycles. The van der Waals surface area contributed by atoms with Crippen molar-refractivity contribution in [3.63, 3.8) is 0 Å². The molecule has 2 rings (SSSR count). The number of amides is 2. The highest BCUT2D eigenvalue weighted by atomic mass is 79.9. The van der Waals surface area contributed by atoms with Crippen molar-refractivity contribution in [1.29, 1.82) is 0 Å². The van der Waals surface area contributed by atoms with Gasteiger partial charge in [-0.3, -0.25) is 13.9 Å². The Morgan fingerprint density at radius 3 is 2.09 bits per heavy atom. The summed E-state index contributed by atoms with van der Waals surface area (Å²) in [5, 5.41) is 2.88. The topological polar surface area (TPSA) is 86.8 Å². The fraction of sp³-hybridized carbons (Fsp3) is 0.417. The predicted octanol–water partition coefficient (Wildman–Crippen LogP) is 3.86. The number of carbonyl (C=O) groups is 2. The molecule has 180 valence electrons. The number of nitrogens with one attached hydrogen (secondary N) is 1. The first-order chi connectivity index (χ1) is 15.4. The van der Waals surface area contributed by atoms with Crippen LogP contribution in [-0.2, 0) is 26.2 Å². The lowest BCUT2D eigenvalue weighted by Gasteiger charge is -2.33. The highest BCUT2D eigenvalue weighted by molar-refractivity contribution is 9.10. The maximum atomic E-state index is 13.5. The van der Waals surface area contributed by atoms with E-state index in [1.165, 1.54) is 4.90 Å². The normalized spacial score (nSPS) is 12.3. The lowest BCUT2D eigenvalue weighted by molar-refractivity contribution is -0.140. The van der Waals surface area contributed by atoms with E-state index in [-0.39, 0.29) is 18.5 Å². The summed E-state index contributed by atoms with van der Waals surface area (Å²) in [7, 11) is -3.74. The monoisotopic (exact) mass is 537 g/mol. The van der Waals surface area contributed by atoms with Gasteiger partial charge in [0.05, 0.1) is 11.9 Å². The quantitative estimate of drug-likeness (QED) is 0.498. The Hall–Kier alpha value is -2.39. The van der Waals surface area contributed by atoms with E-state index in [9.17, 15) is 18.0 Å². The van der Waals surface area contributed by atoms with Gasteiger partial charge in [0.2, 0.25) is 21.8 Å². The third-order valence-electron chi connectivity index (χ3n) is 5.08. The van der Waals surface area contributed by atoms with Gasteiger partial charge in [-0.15, -0.1) is 0 Å². The minimum atomic E-state index is -3.74. The highest BCUT2D eigenvalue weighted by Crippen LogP contribution is 2.22. The first kappa shape index (κ1) is 26.9. The van der Waals surface area contributed by atoms with Crippen molar-refractivity contribution < 1.29 is 18.0 Å². The van der Waals surface area contributed by atoms with Gasteiger partial charge in [0.15, 0.2) is 0 Å². The smallest absolute Gasteiger partial charge is 0.244 e. The third-order valence-corrected chi connectivity index (χ3v) is 6.75. The second-order valence-corrected chi connectivity index (χ2v) is 11.2. The van der Waals surface area contributed by atoms with Crippen molar-refractivity contribution in [2.75, 3.05) is 17.1 Å². The molecule has 0 aromatic heterocycles. The molecule has 0 unspecified atom stereocenters. The van der Waals surface area contributed by atoms with Gasteiger partial charge in [-0.1, -0.05) is 52.7 Å². The SMILES string of the molecule is CC[C@@H](C(=O)NC(C)C)N(Cc1ccc(C)cc1)C(=O)CN(c1ccc(Br)cc1)S(C)(=O)=O. The molecule has 0 fully saturated rings. The molecule has 0 bridgehead atoms. The van der Waals surface area contributed by atoms with Crippen LogP contribution in [0.1, 0.15) is 38.3 Å². The molecule has 2 aromatic rings. The second-order valence-electron chi connectivity index (χ2n) is 8.34. The fourth-order valence-electron chi connectivity index (χ4n) is 3.41. The van der Waals surface area contributed by atoms with Gasteiger partial charge in [-0.05, 0) is 57.0 Å². The number of sulfonamides is 1. The Morgan fingerprint density at radius 1 is 1.03 bits per heavy atom. The van der Waals surface area contributed by atoms with Crippen molar-refractivity contribution in [2.45, 2.75) is 52.7 Å². The Bertz CT molecular complexity index is 1050. The van der Waals surface area contributed by atoms with Crippen LogP contribution in [0.25, 0.3) is 0 Å². The molecule has 0 saturated carbocycles. The lowest BCUT2D eigenvalue weighted by Crippen LogP contribution is -2.53. The van der Waals surface area contributed by atoms with E-state index in [0.717, 1.165) is 26.2 Å². The van der Waals surface area contributed by atoms with E-state index in [0.29, 0.717) is 12.1 Å². The number of rotatable bonds is 10. The summed E-state index contributed by atoms with van der Waals surface area (Å²) in [5.74, 6) is -0.711. The van der Waals surface area contributed by atoms with Crippen molar-refractivity contribution in [3.8, 4) is 0 Å². The first-order valence-electron chi connectivity index (χ1n) is 10.8. The number of halogens is 1. The molecular formula is C24H32BrN3O4S. The number of hydrogen-bond acceptors (Lipinski definition) is 4. The number of benzene rings is 2. The number of aryl methyl sites for hydroxylation is 1. The average Bonchev–Trinajstić information content (AvgIpc) is 2.72. The molecule has 33 heavy (non-hydrogen) atoms. The fourth-order valence-corrected chi connectivity index (χ4v) is 4.53. The third kappa shape index (κ3) is 7.85. The van der Waals surface area contributed by atoms with Gasteiger partial charge in [0.25, 0.3) is 0 Å². The molecule has 1 N–H and O–H groups in total. The Labute approximate surface area is 205 Å². The Kier molecular flexibility index (Phi) is 9.48. The van der Waals surface area contributed by atoms with Crippen LogP contribution < -0.4 is 9.62 Å². The van der Waals surface area contributed by atoms with Crippen molar-refractivity contribution in [2.24, 2.45) is 0 Å². The number of nitrogens with zero attached hydrogens (tertiary/aromatic N) is 2. The van der Waals surface area contributed by atoms with Crippen LogP contribution in [0.4, 0.5) is 5.69 Å². The van der Waals surface area contributed by atoms with Crippen molar-refractivity contribution in [3.05, 3.63) is 64.1 Å². The van der Waals surface area contributed by atoms with E-state index in [4.69, 9.17) is 0 Å². The highest BCUT2D eigenvalue weighted by Gasteiger charge is 2.31. The van der Waals surface area contributed by atoms with Crippen LogP contribution in [-0.4, -0.2) is 50.0 Å². The van der Waals surface area contributed by atoms with E-state index < -0.39 is 28.5 Å². The predicted molar refractivity (Wildman–Crippen MR) is 135 cm³/mol. The summed E-state index contributed by atoms with van der Waals surface area (Å²) in [6.45, 7) is 7.31. The molecule has 0 spiro atoms. The van der Waals surface area contributed by atoms with E-state index >= 15 is 0 Å². The molecule has 1 atom stereocenters. The van der Waals surface area contributed by atoms with Crippen LogP contribution in [0, 0.1) is 6.92 Å². The van der Waals surface area contributed by atoms with Gasteiger partial charge in [-0.25, -0.2) is 8.42 Å². The average molecular weight is 539 g/mol. The van der Waals surface area contributed by atoms with Gasteiger partial charge in [0, 0.05) is 17.1 Å². The summed E-state index contributed by atoms with van der Waals surface area (Å²) in [6, 6.07) is 13.6. The van der Waals surface area contributed by atoms with Gasteiger partial charge >= 0.3 is 0 Å². The molecule has 0 aliphatic heterocycles. The second kappa shape index (κ2) is 11.7. The summed E-state index contributed by atoms with van der Waals surface area (Å²) in [5.41, 5.74) is 2.32. The summed E-state index contributed by atoms with van der Waals surface area (Å²) >= 11 is 3.34. The molecule has 0 saturated heterocycles. The van der Waals surface area contributed by atoms with E-state index in [1.54, 1.807) is 24.3 Å². The summed E-state index contributed by atoms with van der Waals surface area (Å²) < 4.78 is 27.0. The zero-order chi connectivity index (χ0) is 24.8. The number of hydrogen-bond donors (Lipinski definition) is 1. The summed E-state index contributed by atoms with van der Waals surface area (Å²) in [6.07, 6.45) is 1.46. The van der Waals surface area contributed by atoms with Gasteiger partial charge in [0.1, 0.15) is 12.6 Å². The van der Waals surface area contributed by atoms with E-state index in [2.05, 4.69) is 21.2 Å². The Balaban J connectivity index is 2.42. The number of carbonyl (C=O) groups excluding carboxylic acids is 2. The van der Waals surface area contributed by atoms with Crippen LogP contribution in [0.2, 0.25) is 0 Å². The lowest BCUT2D eigenvalue weighted by atomic mass is 10.1. The van der Waals surface area contributed by atoms with Crippen LogP contribution >= 0.6 is 15.9 Å². The van der Waals surface area contributed by atoms with E-state index in [1.807, 2.05) is 52.0 Å². The zero-order valence-corrected chi connectivity index (χ0v) is 22.1. The minimum absolute atomic E-state index is 0.0850. The minimum Gasteiger partial charge on any atom is -0.352 e. The molecule has 2 amide bonds. The van der Waals surface area contributed by atoms with Crippen LogP contribution in [0.3, 0.4) is 0 Å². The maximum absolute atomic E-state index is 13.5. The molecule has 9 heteroatoms. The maximum Gasteiger partial charge on any atom is 0.244 e. The van der Waals surface area contributed by atoms with Crippen molar-refractivity contribution in [1.82, 2.24) is 10.2 Å². The van der Waals surface area contributed by atoms with Gasteiger partial charge in [-0.2, -0.15) is 0 Å². The molecule has 0 aliphatic carbocycles.